The molecule has 0 saturated carbocycles. The molecule has 14 atom stereocenters. The second-order valence-electron chi connectivity index (χ2n) is 17.9. The molecule has 0 radical (unpaired) electrons. The molecular formula is C44H66N4O13. The number of nitrogens with one attached hydrogen (secondary N) is 2. The number of ether oxygens (including phenoxy) is 7. The number of hydrogen-bond donors (Lipinski definition) is 3. The first-order chi connectivity index (χ1) is 28.7. The van der Waals surface area contributed by atoms with Crippen LogP contribution in [0.4, 0.5) is 15.3 Å². The number of nitro benzene ring substituents is 1. The monoisotopic (exact) mass is 858 g/mol. The van der Waals surface area contributed by atoms with E-state index in [9.17, 15) is 29.6 Å². The summed E-state index contributed by atoms with van der Waals surface area (Å²) in [5, 5.41) is 28.6. The maximum absolute atomic E-state index is 14.3. The first-order valence-corrected chi connectivity index (χ1v) is 21.3. The number of cyclic esters (lactones) is 1. The van der Waals surface area contributed by atoms with Crippen molar-refractivity contribution in [2.75, 3.05) is 33.9 Å². The number of amides is 2. The minimum Gasteiger partial charge on any atom is -0.458 e. The number of hydrogen-bond acceptors (Lipinski definition) is 14. The number of aliphatic hydroxyl groups is 1. The fourth-order valence-electron chi connectivity index (χ4n) is 9.74. The highest BCUT2D eigenvalue weighted by atomic mass is 16.7. The van der Waals surface area contributed by atoms with Crippen LogP contribution in [0.5, 0.6) is 0 Å². The average molecular weight is 859 g/mol. The summed E-state index contributed by atoms with van der Waals surface area (Å²) in [5.74, 6) is -2.72. The summed E-state index contributed by atoms with van der Waals surface area (Å²) < 4.78 is 44.6. The highest BCUT2D eigenvalue weighted by Gasteiger charge is 2.57. The fourth-order valence-corrected chi connectivity index (χ4v) is 9.74. The summed E-state index contributed by atoms with van der Waals surface area (Å²) in [6.45, 7) is 19.4. The maximum Gasteiger partial charge on any atom is 0.408 e. The molecule has 0 spiro atoms. The number of nitro groups is 1. The maximum atomic E-state index is 14.3. The second-order valence-corrected chi connectivity index (χ2v) is 17.9. The van der Waals surface area contributed by atoms with Crippen molar-refractivity contribution in [3.05, 3.63) is 63.7 Å². The van der Waals surface area contributed by atoms with E-state index in [1.165, 1.54) is 18.2 Å². The van der Waals surface area contributed by atoms with Gasteiger partial charge >= 0.3 is 18.2 Å². The van der Waals surface area contributed by atoms with Crippen LogP contribution in [-0.2, 0) is 44.5 Å². The highest BCUT2D eigenvalue weighted by Crippen LogP contribution is 2.44. The van der Waals surface area contributed by atoms with E-state index in [4.69, 9.17) is 33.2 Å². The van der Waals surface area contributed by atoms with Crippen LogP contribution >= 0.6 is 0 Å². The summed E-state index contributed by atoms with van der Waals surface area (Å²) in [5.41, 5.74) is -0.575. The minimum atomic E-state index is -1.30. The summed E-state index contributed by atoms with van der Waals surface area (Å²) in [7, 11) is 3.80. The van der Waals surface area contributed by atoms with E-state index in [2.05, 4.69) is 17.2 Å². The van der Waals surface area contributed by atoms with Crippen molar-refractivity contribution in [3.8, 4) is 0 Å². The minimum absolute atomic E-state index is 0.00216. The highest BCUT2D eigenvalue weighted by molar-refractivity contribution is 5.74. The smallest absolute Gasteiger partial charge is 0.408 e. The predicted octanol–water partition coefficient (Wildman–Crippen LogP) is 5.43. The van der Waals surface area contributed by atoms with E-state index in [0.717, 1.165) is 5.57 Å². The molecule has 4 fully saturated rings. The van der Waals surface area contributed by atoms with E-state index in [0.29, 0.717) is 30.4 Å². The van der Waals surface area contributed by atoms with E-state index >= 15 is 0 Å². The van der Waals surface area contributed by atoms with Crippen molar-refractivity contribution >= 4 is 23.8 Å². The topological polar surface area (TPSA) is 206 Å². The number of carbonyl (C=O) groups is 3. The quantitative estimate of drug-likeness (QED) is 0.0932. The zero-order valence-corrected chi connectivity index (χ0v) is 37.2. The first kappa shape index (κ1) is 47.9. The van der Waals surface area contributed by atoms with E-state index in [-0.39, 0.29) is 50.1 Å². The van der Waals surface area contributed by atoms with Crippen LogP contribution in [0.3, 0.4) is 0 Å². The van der Waals surface area contributed by atoms with E-state index < -0.39 is 88.8 Å². The molecule has 2 amide bonds. The van der Waals surface area contributed by atoms with Crippen molar-refractivity contribution in [2.45, 2.75) is 141 Å². The number of benzene rings is 1. The van der Waals surface area contributed by atoms with Crippen LogP contribution in [0.25, 0.3) is 0 Å². The lowest BCUT2D eigenvalue weighted by Crippen LogP contribution is -2.60. The average Bonchev–Trinajstić information content (AvgIpc) is 3.54. The molecule has 4 aliphatic heterocycles. The Morgan fingerprint density at radius 2 is 1.87 bits per heavy atom. The van der Waals surface area contributed by atoms with Gasteiger partial charge in [0.1, 0.15) is 18.8 Å². The van der Waals surface area contributed by atoms with Crippen molar-refractivity contribution in [1.29, 1.82) is 0 Å². The zero-order valence-electron chi connectivity index (χ0n) is 37.2. The Balaban J connectivity index is 1.56. The molecular weight excluding hydrogens is 792 g/mol. The number of alkyl carbamates (subject to hydrolysis) is 2. The molecule has 0 aliphatic carbocycles. The number of fused-ring (bicyclic) bond motifs is 4. The molecule has 4 saturated heterocycles. The molecule has 3 N–H and O–H groups in total. The Hall–Kier alpha value is -4.13. The van der Waals surface area contributed by atoms with Gasteiger partial charge in [-0.1, -0.05) is 52.0 Å². The van der Waals surface area contributed by atoms with Crippen molar-refractivity contribution in [1.82, 2.24) is 15.5 Å². The fraction of sp³-hybridized carbons (Fsp3) is 0.705. The van der Waals surface area contributed by atoms with Gasteiger partial charge in [-0.15, -0.1) is 0 Å². The first-order valence-electron chi connectivity index (χ1n) is 21.3. The van der Waals surface area contributed by atoms with Gasteiger partial charge in [0.2, 0.25) is 0 Å². The molecule has 17 nitrogen and oxygen atoms in total. The van der Waals surface area contributed by atoms with E-state index in [1.807, 2.05) is 60.5 Å². The second kappa shape index (κ2) is 19.9. The van der Waals surface area contributed by atoms with Gasteiger partial charge in [0.25, 0.3) is 5.69 Å². The molecule has 4 aliphatic rings. The number of esters is 1. The van der Waals surface area contributed by atoms with Crippen molar-refractivity contribution in [3.63, 3.8) is 0 Å². The molecule has 340 valence electrons. The summed E-state index contributed by atoms with van der Waals surface area (Å²) >= 11 is 0. The molecule has 3 unspecified atom stereocenters. The van der Waals surface area contributed by atoms with Crippen LogP contribution in [-0.4, -0.2) is 127 Å². The Labute approximate surface area is 358 Å². The molecule has 2 bridgehead atoms. The van der Waals surface area contributed by atoms with Crippen LogP contribution in [0.2, 0.25) is 0 Å². The molecule has 1 aromatic carbocycles. The SMILES string of the molecule is C=C1COC2[C@@H](C)C(=O)O[C@H](CC)[C@@]3(C)OC(=O)NC3[C@@H](C)/C(=C/COC(=O)NCc3cccc([N+](=O)[O-])c3)[C@H](C)C[C@@](C)(OC1)[C@H](OC1O[C@H](C)C[C@H](N(C)C)[C@H]1O)[C@H]2C. The third-order valence-electron chi connectivity index (χ3n) is 13.0. The van der Waals surface area contributed by atoms with Crippen LogP contribution < -0.4 is 10.6 Å². The summed E-state index contributed by atoms with van der Waals surface area (Å²) in [4.78, 5) is 53.2. The van der Waals surface area contributed by atoms with Crippen LogP contribution in [0.15, 0.2) is 48.1 Å². The van der Waals surface area contributed by atoms with Gasteiger partial charge in [0, 0.05) is 36.6 Å². The van der Waals surface area contributed by atoms with Gasteiger partial charge in [-0.05, 0) is 84.2 Å². The Bertz CT molecular complexity index is 1790. The van der Waals surface area contributed by atoms with Gasteiger partial charge < -0.3 is 53.8 Å². The Kier molecular flexibility index (Phi) is 15.7. The van der Waals surface area contributed by atoms with Crippen molar-refractivity contribution < 1.29 is 57.6 Å². The van der Waals surface area contributed by atoms with Crippen LogP contribution in [0.1, 0.15) is 80.2 Å². The molecule has 17 heteroatoms. The zero-order chi connectivity index (χ0) is 45.0. The van der Waals surface area contributed by atoms with E-state index in [1.54, 1.807) is 26.0 Å². The molecule has 5 rings (SSSR count). The number of non-ortho nitro benzene ring substituents is 1. The lowest BCUT2D eigenvalue weighted by Gasteiger charge is -2.49. The van der Waals surface area contributed by atoms with Crippen LogP contribution in [0, 0.1) is 33.8 Å². The van der Waals surface area contributed by atoms with Gasteiger partial charge in [0.05, 0.1) is 54.0 Å². The van der Waals surface area contributed by atoms with Crippen molar-refractivity contribution in [2.24, 2.45) is 23.7 Å². The predicted molar refractivity (Wildman–Crippen MR) is 223 cm³/mol. The van der Waals surface area contributed by atoms with Gasteiger partial charge in [-0.2, -0.15) is 0 Å². The number of nitrogens with zero attached hydrogens (tertiary/aromatic N) is 2. The molecule has 4 heterocycles. The summed E-state index contributed by atoms with van der Waals surface area (Å²) in [6, 6.07) is 5.00. The standard InChI is InChI=1S/C44H66N4O13/c1-12-34-44(9)37(46-42(52)61-44)27(5)32(16-17-55-41(51)45-21-30-14-13-15-31(19-30)48(53)54)25(3)20-43(8)38(60-40-35(49)33(47(10)11)18-26(4)58-40)28(6)36(29(7)39(50)59-34)56-22-24(2)23-57-43/h13-16,19,25-29,33-38,40,49H,2,12,17-18,20-23H2,1,3-11H3,(H,45,51)(H,46,52)/b32-16+/t25-,26-,27+,28+,29-,33+,34-,35-,36?,37?,38-,40?,43-,44-/m1/s1. The van der Waals surface area contributed by atoms with Gasteiger partial charge in [-0.3, -0.25) is 14.9 Å². The number of aliphatic hydroxyl groups excluding tert-OH is 1. The van der Waals surface area contributed by atoms with Gasteiger partial charge in [0.15, 0.2) is 11.9 Å². The third-order valence-corrected chi connectivity index (χ3v) is 13.0. The van der Waals surface area contributed by atoms with Gasteiger partial charge in [-0.25, -0.2) is 9.59 Å². The number of carbonyl (C=O) groups excluding carboxylic acids is 3. The Morgan fingerprint density at radius 3 is 2.54 bits per heavy atom. The molecule has 1 aromatic rings. The number of likely N-dealkylation sites (N-methyl/N-ethyl adjacent to an activating group) is 1. The molecule has 61 heavy (non-hydrogen) atoms. The Morgan fingerprint density at radius 1 is 1.15 bits per heavy atom. The normalized spacial score (nSPS) is 38.2. The number of rotatable bonds is 9. The molecule has 0 aromatic heterocycles. The lowest BCUT2D eigenvalue weighted by atomic mass is 9.71. The third kappa shape index (κ3) is 10.9. The lowest BCUT2D eigenvalue weighted by molar-refractivity contribution is -0.384. The largest absolute Gasteiger partial charge is 0.458 e. The summed E-state index contributed by atoms with van der Waals surface area (Å²) in [6.07, 6.45) is -3.12.